The van der Waals surface area contributed by atoms with Crippen molar-refractivity contribution in [3.05, 3.63) is 94.3 Å². The number of amides is 1. The van der Waals surface area contributed by atoms with Crippen LogP contribution in [0.3, 0.4) is 0 Å². The van der Waals surface area contributed by atoms with E-state index in [9.17, 15) is 30.8 Å². The number of carbonyl (C=O) groups is 1. The Balaban J connectivity index is 1.92. The van der Waals surface area contributed by atoms with E-state index in [-0.39, 0.29) is 26.8 Å². The van der Waals surface area contributed by atoms with Crippen LogP contribution >= 0.6 is 11.6 Å². The average molecular weight is 500 g/mol. The van der Waals surface area contributed by atoms with Gasteiger partial charge in [0.1, 0.15) is 5.82 Å². The van der Waals surface area contributed by atoms with Crippen LogP contribution in [-0.2, 0) is 21.1 Å². The average Bonchev–Trinajstić information content (AvgIpc) is 2.74. The summed E-state index contributed by atoms with van der Waals surface area (Å²) in [4.78, 5) is 10.9. The van der Waals surface area contributed by atoms with Crippen molar-refractivity contribution >= 4 is 27.3 Å². The molecule has 1 N–H and O–H groups in total. The zero-order valence-corrected chi connectivity index (χ0v) is 18.7. The van der Waals surface area contributed by atoms with Gasteiger partial charge in [0.15, 0.2) is 0 Å². The van der Waals surface area contributed by atoms with Crippen molar-refractivity contribution in [2.75, 3.05) is 0 Å². The Morgan fingerprint density at radius 2 is 1.64 bits per heavy atom. The Morgan fingerprint density at radius 3 is 2.24 bits per heavy atom. The minimum absolute atomic E-state index is 0.0135. The van der Waals surface area contributed by atoms with Crippen molar-refractivity contribution in [3.8, 4) is 0 Å². The summed E-state index contributed by atoms with van der Waals surface area (Å²) in [6.45, 7) is 1.35. The first-order chi connectivity index (χ1) is 15.4. The van der Waals surface area contributed by atoms with E-state index in [1.54, 1.807) is 6.07 Å². The third-order valence-corrected chi connectivity index (χ3v) is 7.05. The molecule has 0 aliphatic heterocycles. The molecule has 1 unspecified atom stereocenters. The SMILES string of the molecule is CC(NC(=O)C(F)(F)F)c1ccc(S(=O)(=O)c2ccc(Cl)cc2Cc2ccccc2F)cc1. The molecule has 0 aromatic heterocycles. The molecule has 0 saturated carbocycles. The molecule has 174 valence electrons. The van der Waals surface area contributed by atoms with Crippen LogP contribution in [0.15, 0.2) is 76.5 Å². The van der Waals surface area contributed by atoms with Gasteiger partial charge in [-0.2, -0.15) is 13.2 Å². The van der Waals surface area contributed by atoms with E-state index in [2.05, 4.69) is 0 Å². The third-order valence-electron chi connectivity index (χ3n) is 4.95. The minimum Gasteiger partial charge on any atom is -0.342 e. The number of halogens is 5. The highest BCUT2D eigenvalue weighted by atomic mass is 35.5. The number of rotatable bonds is 6. The first-order valence-corrected chi connectivity index (χ1v) is 11.5. The van der Waals surface area contributed by atoms with Gasteiger partial charge in [0.2, 0.25) is 9.84 Å². The van der Waals surface area contributed by atoms with Gasteiger partial charge in [-0.3, -0.25) is 4.79 Å². The molecule has 1 amide bonds. The second kappa shape index (κ2) is 9.52. The van der Waals surface area contributed by atoms with E-state index < -0.39 is 33.8 Å². The highest BCUT2D eigenvalue weighted by Crippen LogP contribution is 2.30. The second-order valence-electron chi connectivity index (χ2n) is 7.29. The molecule has 0 radical (unpaired) electrons. The molecule has 0 spiro atoms. The second-order valence-corrected chi connectivity index (χ2v) is 9.64. The molecule has 33 heavy (non-hydrogen) atoms. The van der Waals surface area contributed by atoms with E-state index >= 15 is 0 Å². The lowest BCUT2D eigenvalue weighted by molar-refractivity contribution is -0.174. The lowest BCUT2D eigenvalue weighted by Gasteiger charge is -2.16. The molecule has 10 heteroatoms. The van der Waals surface area contributed by atoms with Crippen LogP contribution in [0.4, 0.5) is 17.6 Å². The number of nitrogens with one attached hydrogen (secondary N) is 1. The van der Waals surface area contributed by atoms with Crippen molar-refractivity contribution in [1.29, 1.82) is 0 Å². The first kappa shape index (κ1) is 24.7. The summed E-state index contributed by atoms with van der Waals surface area (Å²) in [6.07, 6.45) is -5.04. The van der Waals surface area contributed by atoms with Crippen LogP contribution in [0.2, 0.25) is 5.02 Å². The van der Waals surface area contributed by atoms with Gasteiger partial charge in [0.05, 0.1) is 15.8 Å². The predicted molar refractivity (Wildman–Crippen MR) is 115 cm³/mol. The predicted octanol–water partition coefficient (Wildman–Crippen LogP) is 5.64. The van der Waals surface area contributed by atoms with Gasteiger partial charge in [0, 0.05) is 11.4 Å². The van der Waals surface area contributed by atoms with Crippen LogP contribution < -0.4 is 5.32 Å². The largest absolute Gasteiger partial charge is 0.471 e. The van der Waals surface area contributed by atoms with Gasteiger partial charge < -0.3 is 5.32 Å². The number of sulfone groups is 1. The number of hydrogen-bond donors (Lipinski definition) is 1. The van der Waals surface area contributed by atoms with Crippen LogP contribution in [0.25, 0.3) is 0 Å². The fraction of sp³-hybridized carbons (Fsp3) is 0.174. The highest BCUT2D eigenvalue weighted by molar-refractivity contribution is 7.91. The molecular formula is C23H18ClF4NO3S. The van der Waals surface area contributed by atoms with Crippen LogP contribution in [0.5, 0.6) is 0 Å². The summed E-state index contributed by atoms with van der Waals surface area (Å²) in [5.41, 5.74) is 0.873. The Kier molecular flexibility index (Phi) is 7.14. The van der Waals surface area contributed by atoms with E-state index in [1.165, 1.54) is 67.6 Å². The highest BCUT2D eigenvalue weighted by Gasteiger charge is 2.39. The quantitative estimate of drug-likeness (QED) is 0.446. The Hall–Kier alpha value is -2.91. The summed E-state index contributed by atoms with van der Waals surface area (Å²) < 4.78 is 78.1. The molecule has 0 aliphatic carbocycles. The van der Waals surface area contributed by atoms with Crippen molar-refractivity contribution in [2.24, 2.45) is 0 Å². The van der Waals surface area contributed by atoms with E-state index in [0.717, 1.165) is 0 Å². The van der Waals surface area contributed by atoms with Gasteiger partial charge >= 0.3 is 12.1 Å². The summed E-state index contributed by atoms with van der Waals surface area (Å²) in [5.74, 6) is -2.58. The number of alkyl halides is 3. The smallest absolute Gasteiger partial charge is 0.342 e. The minimum atomic E-state index is -5.03. The molecule has 3 rings (SSSR count). The maximum atomic E-state index is 14.1. The number of carbonyl (C=O) groups excluding carboxylic acids is 1. The fourth-order valence-electron chi connectivity index (χ4n) is 3.22. The van der Waals surface area contributed by atoms with Crippen LogP contribution in [0.1, 0.15) is 29.7 Å². The maximum Gasteiger partial charge on any atom is 0.471 e. The lowest BCUT2D eigenvalue weighted by atomic mass is 10.0. The van der Waals surface area contributed by atoms with Gasteiger partial charge in [-0.25, -0.2) is 12.8 Å². The summed E-state index contributed by atoms with van der Waals surface area (Å²) in [7, 11) is -4.06. The summed E-state index contributed by atoms with van der Waals surface area (Å²) >= 11 is 6.04. The molecule has 4 nitrogen and oxygen atoms in total. The van der Waals surface area contributed by atoms with Gasteiger partial charge in [-0.05, 0) is 60.0 Å². The number of hydrogen-bond acceptors (Lipinski definition) is 3. The van der Waals surface area contributed by atoms with Crippen LogP contribution in [0, 0.1) is 5.82 Å². The van der Waals surface area contributed by atoms with Gasteiger partial charge in [-0.15, -0.1) is 0 Å². The maximum absolute atomic E-state index is 14.1. The fourth-order valence-corrected chi connectivity index (χ4v) is 4.89. The summed E-state index contributed by atoms with van der Waals surface area (Å²) in [5, 5.41) is 2.09. The van der Waals surface area contributed by atoms with Crippen molar-refractivity contribution in [2.45, 2.75) is 35.4 Å². The van der Waals surface area contributed by atoms with Crippen molar-refractivity contribution < 1.29 is 30.8 Å². The molecule has 0 fully saturated rings. The molecule has 0 saturated heterocycles. The molecule has 0 aliphatic rings. The molecular weight excluding hydrogens is 482 g/mol. The van der Waals surface area contributed by atoms with Gasteiger partial charge in [0.25, 0.3) is 0 Å². The molecule has 0 heterocycles. The molecule has 0 bridgehead atoms. The van der Waals surface area contributed by atoms with Gasteiger partial charge in [-0.1, -0.05) is 41.9 Å². The standard InChI is InChI=1S/C23H18ClF4NO3S/c1-14(29-22(30)23(26,27)28)15-6-9-19(10-7-15)33(31,32)21-11-8-18(24)13-17(21)12-16-4-2-3-5-20(16)25/h2-11,13-14H,12H2,1H3,(H,29,30). The zero-order chi connectivity index (χ0) is 24.4. The Morgan fingerprint density at radius 1 is 1.00 bits per heavy atom. The lowest BCUT2D eigenvalue weighted by Crippen LogP contribution is -2.38. The van der Waals surface area contributed by atoms with E-state index in [4.69, 9.17) is 11.6 Å². The zero-order valence-electron chi connectivity index (χ0n) is 17.2. The molecule has 3 aromatic rings. The topological polar surface area (TPSA) is 63.2 Å². The molecule has 1 atom stereocenters. The third kappa shape index (κ3) is 5.72. The van der Waals surface area contributed by atoms with Crippen LogP contribution in [-0.4, -0.2) is 20.5 Å². The summed E-state index contributed by atoms with van der Waals surface area (Å²) in [6, 6.07) is 14.3. The number of benzene rings is 3. The Labute approximate surface area is 193 Å². The van der Waals surface area contributed by atoms with Crippen molar-refractivity contribution in [1.82, 2.24) is 5.32 Å². The first-order valence-electron chi connectivity index (χ1n) is 9.64. The molecule has 3 aromatic carbocycles. The normalized spacial score (nSPS) is 12.9. The monoisotopic (exact) mass is 499 g/mol. The van der Waals surface area contributed by atoms with E-state index in [0.29, 0.717) is 11.1 Å². The van der Waals surface area contributed by atoms with Crippen molar-refractivity contribution in [3.63, 3.8) is 0 Å². The Bertz CT molecular complexity index is 1280. The van der Waals surface area contributed by atoms with E-state index in [1.807, 2.05) is 5.32 Å².